The molecule has 1 unspecified atom stereocenters. The normalized spacial score (nSPS) is 22.7. The van der Waals surface area contributed by atoms with Gasteiger partial charge in [0.15, 0.2) is 0 Å². The van der Waals surface area contributed by atoms with Gasteiger partial charge < -0.3 is 29.7 Å². The number of hydrogen-bond acceptors (Lipinski definition) is 7. The number of aromatic nitrogens is 1. The Labute approximate surface area is 182 Å². The van der Waals surface area contributed by atoms with Crippen molar-refractivity contribution in [2.45, 2.75) is 70.0 Å². The molecule has 1 aromatic carbocycles. The van der Waals surface area contributed by atoms with Crippen LogP contribution >= 0.6 is 0 Å². The first kappa shape index (κ1) is 23.2. The molecule has 0 radical (unpaired) electrons. The van der Waals surface area contributed by atoms with E-state index in [1.54, 1.807) is 34.1 Å². The number of methoxy groups -OCH3 is 1. The van der Waals surface area contributed by atoms with E-state index < -0.39 is 23.9 Å². The van der Waals surface area contributed by atoms with Gasteiger partial charge in [0.25, 0.3) is 0 Å². The number of nitrogens with zero attached hydrogens (tertiary/aromatic N) is 1. The number of ether oxygens (including phenoxy) is 3. The molecule has 3 N–H and O–H groups in total. The molecule has 0 bridgehead atoms. The van der Waals surface area contributed by atoms with E-state index in [4.69, 9.17) is 14.2 Å². The third kappa shape index (κ3) is 6.06. The Kier molecular flexibility index (Phi) is 7.35. The third-order valence-electron chi connectivity index (χ3n) is 5.31. The zero-order chi connectivity index (χ0) is 22.6. The van der Waals surface area contributed by atoms with Gasteiger partial charge in [0.05, 0.1) is 43.7 Å². The highest BCUT2D eigenvalue weighted by molar-refractivity contribution is 5.83. The minimum absolute atomic E-state index is 0.234. The first-order valence-electron chi connectivity index (χ1n) is 10.6. The van der Waals surface area contributed by atoms with Crippen molar-refractivity contribution in [3.05, 3.63) is 36.0 Å². The Morgan fingerprint density at radius 3 is 2.81 bits per heavy atom. The summed E-state index contributed by atoms with van der Waals surface area (Å²) in [5, 5.41) is 24.3. The molecule has 4 atom stereocenters. The van der Waals surface area contributed by atoms with Crippen LogP contribution in [0.3, 0.4) is 0 Å². The summed E-state index contributed by atoms with van der Waals surface area (Å²) in [4.78, 5) is 16.5. The van der Waals surface area contributed by atoms with Crippen molar-refractivity contribution in [3.63, 3.8) is 0 Å². The predicted octanol–water partition coefficient (Wildman–Crippen LogP) is 3.10. The van der Waals surface area contributed by atoms with Crippen LogP contribution in [0.15, 0.2) is 30.5 Å². The van der Waals surface area contributed by atoms with Crippen molar-refractivity contribution in [1.82, 2.24) is 10.3 Å². The molecule has 1 aromatic heterocycles. The molecule has 0 spiro atoms. The minimum atomic E-state index is -0.766. The summed E-state index contributed by atoms with van der Waals surface area (Å²) in [5.41, 5.74) is 0.926. The van der Waals surface area contributed by atoms with Crippen LogP contribution in [0, 0.1) is 0 Å². The van der Waals surface area contributed by atoms with E-state index in [2.05, 4.69) is 10.3 Å². The molecule has 2 aromatic rings. The van der Waals surface area contributed by atoms with Crippen molar-refractivity contribution in [2.24, 2.45) is 0 Å². The molecule has 170 valence electrons. The van der Waals surface area contributed by atoms with Crippen LogP contribution in [0.2, 0.25) is 0 Å². The molecular formula is C23H32N2O6. The average Bonchev–Trinajstić information content (AvgIpc) is 2.72. The maximum Gasteiger partial charge on any atom is 0.407 e. The monoisotopic (exact) mass is 432 g/mol. The van der Waals surface area contributed by atoms with Gasteiger partial charge >= 0.3 is 6.09 Å². The lowest BCUT2D eigenvalue weighted by Crippen LogP contribution is -2.52. The lowest BCUT2D eigenvalue weighted by molar-refractivity contribution is -0.102. The van der Waals surface area contributed by atoms with Gasteiger partial charge in [-0.15, -0.1) is 0 Å². The maximum absolute atomic E-state index is 12.1. The molecule has 1 fully saturated rings. The first-order valence-corrected chi connectivity index (χ1v) is 10.6. The van der Waals surface area contributed by atoms with Gasteiger partial charge in [-0.2, -0.15) is 0 Å². The fourth-order valence-corrected chi connectivity index (χ4v) is 3.86. The lowest BCUT2D eigenvalue weighted by atomic mass is 9.93. The second-order valence-corrected chi connectivity index (χ2v) is 8.85. The van der Waals surface area contributed by atoms with Crippen LogP contribution < -0.4 is 10.1 Å². The maximum atomic E-state index is 12.1. The van der Waals surface area contributed by atoms with E-state index in [1.807, 2.05) is 24.3 Å². The molecule has 0 aliphatic carbocycles. The van der Waals surface area contributed by atoms with Crippen LogP contribution in [-0.2, 0) is 9.47 Å². The molecule has 1 amide bonds. The number of rotatable bonds is 6. The van der Waals surface area contributed by atoms with E-state index in [-0.39, 0.29) is 18.8 Å². The number of amides is 1. The highest BCUT2D eigenvalue weighted by Gasteiger charge is 2.34. The Bertz CT molecular complexity index is 897. The molecule has 2 heterocycles. The molecule has 1 aliphatic heterocycles. The molecular weight excluding hydrogens is 400 g/mol. The number of aliphatic hydroxyl groups excluding tert-OH is 2. The van der Waals surface area contributed by atoms with Crippen molar-refractivity contribution in [1.29, 1.82) is 0 Å². The van der Waals surface area contributed by atoms with Gasteiger partial charge in [-0.3, -0.25) is 4.98 Å². The second-order valence-electron chi connectivity index (χ2n) is 8.85. The Morgan fingerprint density at radius 2 is 2.13 bits per heavy atom. The summed E-state index contributed by atoms with van der Waals surface area (Å²) in [7, 11) is 1.58. The van der Waals surface area contributed by atoms with Gasteiger partial charge in [0.1, 0.15) is 17.5 Å². The predicted molar refractivity (Wildman–Crippen MR) is 116 cm³/mol. The van der Waals surface area contributed by atoms with E-state index in [1.165, 1.54) is 0 Å². The fourth-order valence-electron chi connectivity index (χ4n) is 3.86. The highest BCUT2D eigenvalue weighted by Crippen LogP contribution is 2.32. The highest BCUT2D eigenvalue weighted by atomic mass is 16.6. The van der Waals surface area contributed by atoms with E-state index >= 15 is 0 Å². The van der Waals surface area contributed by atoms with Crippen LogP contribution in [0.5, 0.6) is 5.75 Å². The number of alkyl carbamates (subject to hydrolysis) is 1. The summed E-state index contributed by atoms with van der Waals surface area (Å²) >= 11 is 0. The Hall–Kier alpha value is -2.42. The molecule has 1 aliphatic rings. The first-order chi connectivity index (χ1) is 14.7. The van der Waals surface area contributed by atoms with Gasteiger partial charge in [-0.05, 0) is 51.3 Å². The minimum Gasteiger partial charge on any atom is -0.495 e. The van der Waals surface area contributed by atoms with Crippen LogP contribution in [0.25, 0.3) is 10.9 Å². The standard InChI is InChI=1S/C23H32N2O6/c1-23(2,3)31-22(28)25-19-9-8-14(30-21(19)13-26)11-20(27)16-6-5-7-18-17(16)10-15(29-4)12-24-18/h5-7,10,12,14,19-21,26-27H,8-9,11,13H2,1-4H3,(H,25,28)/t14-,19+,20?,21+/m0/s1. The number of hydrogen-bond donors (Lipinski definition) is 3. The van der Waals surface area contributed by atoms with E-state index in [0.717, 1.165) is 16.5 Å². The Morgan fingerprint density at radius 1 is 1.35 bits per heavy atom. The quantitative estimate of drug-likeness (QED) is 0.643. The number of nitrogens with one attached hydrogen (secondary N) is 1. The number of carbonyl (C=O) groups is 1. The Balaban J connectivity index is 1.65. The molecule has 8 nitrogen and oxygen atoms in total. The zero-order valence-electron chi connectivity index (χ0n) is 18.5. The van der Waals surface area contributed by atoms with Crippen molar-refractivity contribution >= 4 is 17.0 Å². The topological polar surface area (TPSA) is 110 Å². The van der Waals surface area contributed by atoms with Gasteiger partial charge in [-0.25, -0.2) is 4.79 Å². The number of aliphatic hydroxyl groups is 2. The smallest absolute Gasteiger partial charge is 0.407 e. The molecule has 3 rings (SSSR count). The van der Waals surface area contributed by atoms with Crippen LogP contribution in [0.1, 0.15) is 51.7 Å². The SMILES string of the molecule is COc1cnc2cccc(C(O)C[C@@H]3CC[C@@H](NC(=O)OC(C)(C)C)[C@@H](CO)O3)c2c1. The van der Waals surface area contributed by atoms with Crippen molar-refractivity contribution in [3.8, 4) is 5.75 Å². The van der Waals surface area contributed by atoms with Crippen molar-refractivity contribution < 1.29 is 29.2 Å². The van der Waals surface area contributed by atoms with E-state index in [0.29, 0.717) is 25.0 Å². The van der Waals surface area contributed by atoms with Crippen LogP contribution in [0.4, 0.5) is 4.79 Å². The van der Waals surface area contributed by atoms with Gasteiger partial charge in [-0.1, -0.05) is 12.1 Å². The summed E-state index contributed by atoms with van der Waals surface area (Å²) in [5.74, 6) is 0.623. The molecule has 0 saturated carbocycles. The van der Waals surface area contributed by atoms with Crippen molar-refractivity contribution in [2.75, 3.05) is 13.7 Å². The van der Waals surface area contributed by atoms with Gasteiger partial charge in [0, 0.05) is 11.8 Å². The number of benzene rings is 1. The number of fused-ring (bicyclic) bond motifs is 1. The lowest BCUT2D eigenvalue weighted by Gasteiger charge is -2.37. The molecule has 8 heteroatoms. The molecule has 1 saturated heterocycles. The fraction of sp³-hybridized carbons (Fsp3) is 0.565. The summed E-state index contributed by atoms with van der Waals surface area (Å²) < 4.78 is 16.6. The van der Waals surface area contributed by atoms with E-state index in [9.17, 15) is 15.0 Å². The summed E-state index contributed by atoms with van der Waals surface area (Å²) in [6.45, 7) is 5.15. The third-order valence-corrected chi connectivity index (χ3v) is 5.31. The zero-order valence-corrected chi connectivity index (χ0v) is 18.5. The second kappa shape index (κ2) is 9.80. The summed E-state index contributed by atoms with van der Waals surface area (Å²) in [6.07, 6.45) is 1.16. The summed E-state index contributed by atoms with van der Waals surface area (Å²) in [6, 6.07) is 7.13. The molecule has 31 heavy (non-hydrogen) atoms. The van der Waals surface area contributed by atoms with Gasteiger partial charge in [0.2, 0.25) is 0 Å². The number of carbonyl (C=O) groups excluding carboxylic acids is 1. The van der Waals surface area contributed by atoms with Crippen LogP contribution in [-0.4, -0.2) is 58.9 Å². The largest absolute Gasteiger partial charge is 0.495 e. The average molecular weight is 433 g/mol. The number of pyridine rings is 1.